The number of fused-ring (bicyclic) bond motifs is 1. The van der Waals surface area contributed by atoms with E-state index in [4.69, 9.17) is 4.74 Å². The molecular formula is C20H22N4O3. The molecule has 0 radical (unpaired) electrons. The van der Waals surface area contributed by atoms with Gasteiger partial charge in [0, 0.05) is 13.1 Å². The predicted molar refractivity (Wildman–Crippen MR) is 103 cm³/mol. The number of hydrogen-bond acceptors (Lipinski definition) is 5. The SMILES string of the molecule is CC1Oc2ccccc2N(CC(=O)Nc2ccc(N3CCCC3)nc2)C1=O. The number of hydrogen-bond donors (Lipinski definition) is 1. The number of nitrogens with zero attached hydrogens (tertiary/aromatic N) is 3. The van der Waals surface area contributed by atoms with Gasteiger partial charge >= 0.3 is 0 Å². The van der Waals surface area contributed by atoms with Gasteiger partial charge in [-0.05, 0) is 44.0 Å². The number of benzene rings is 1. The highest BCUT2D eigenvalue weighted by Crippen LogP contribution is 2.33. The Hall–Kier alpha value is -3.09. The van der Waals surface area contributed by atoms with Gasteiger partial charge in [-0.3, -0.25) is 14.5 Å². The molecule has 2 amide bonds. The lowest BCUT2D eigenvalue weighted by Gasteiger charge is -2.32. The summed E-state index contributed by atoms with van der Waals surface area (Å²) >= 11 is 0. The summed E-state index contributed by atoms with van der Waals surface area (Å²) in [5.74, 6) is 1.03. The molecule has 1 saturated heterocycles. The van der Waals surface area contributed by atoms with Crippen molar-refractivity contribution in [1.29, 1.82) is 0 Å². The van der Waals surface area contributed by atoms with Crippen LogP contribution in [0.5, 0.6) is 5.75 Å². The van der Waals surface area contributed by atoms with Crippen LogP contribution < -0.4 is 19.9 Å². The number of carbonyl (C=O) groups is 2. The van der Waals surface area contributed by atoms with Crippen LogP contribution in [0.1, 0.15) is 19.8 Å². The summed E-state index contributed by atoms with van der Waals surface area (Å²) in [7, 11) is 0. The van der Waals surface area contributed by atoms with Crippen molar-refractivity contribution in [2.45, 2.75) is 25.9 Å². The van der Waals surface area contributed by atoms with Crippen LogP contribution in [-0.2, 0) is 9.59 Å². The zero-order valence-electron chi connectivity index (χ0n) is 15.2. The van der Waals surface area contributed by atoms with Crippen LogP contribution in [0.2, 0.25) is 0 Å². The first-order valence-corrected chi connectivity index (χ1v) is 9.20. The lowest BCUT2D eigenvalue weighted by molar-refractivity contribution is -0.127. The third kappa shape index (κ3) is 3.58. The lowest BCUT2D eigenvalue weighted by atomic mass is 10.2. The van der Waals surface area contributed by atoms with Gasteiger partial charge in [0.05, 0.1) is 17.6 Å². The molecule has 0 saturated carbocycles. The first-order chi connectivity index (χ1) is 13.1. The zero-order valence-corrected chi connectivity index (χ0v) is 15.2. The molecule has 1 aromatic heterocycles. The molecule has 1 N–H and O–H groups in total. The number of amides is 2. The highest BCUT2D eigenvalue weighted by molar-refractivity contribution is 6.06. The molecule has 0 spiro atoms. The minimum Gasteiger partial charge on any atom is -0.479 e. The van der Waals surface area contributed by atoms with Gasteiger partial charge in [-0.25, -0.2) is 4.98 Å². The summed E-state index contributed by atoms with van der Waals surface area (Å²) in [5.41, 5.74) is 1.23. The molecule has 1 unspecified atom stereocenters. The molecule has 7 heteroatoms. The fourth-order valence-corrected chi connectivity index (χ4v) is 3.46. The molecule has 1 fully saturated rings. The lowest BCUT2D eigenvalue weighted by Crippen LogP contribution is -2.47. The quantitative estimate of drug-likeness (QED) is 0.900. The van der Waals surface area contributed by atoms with Crippen LogP contribution in [0, 0.1) is 0 Å². The smallest absolute Gasteiger partial charge is 0.268 e. The molecule has 3 heterocycles. The second-order valence-corrected chi connectivity index (χ2v) is 6.80. The Morgan fingerprint density at radius 3 is 2.74 bits per heavy atom. The number of para-hydroxylation sites is 2. The Morgan fingerprint density at radius 2 is 2.00 bits per heavy atom. The van der Waals surface area contributed by atoms with E-state index in [0.29, 0.717) is 17.1 Å². The van der Waals surface area contributed by atoms with Crippen LogP contribution in [0.3, 0.4) is 0 Å². The normalized spacial score (nSPS) is 18.9. The van der Waals surface area contributed by atoms with Crippen LogP contribution in [0.25, 0.3) is 0 Å². The van der Waals surface area contributed by atoms with E-state index in [1.54, 1.807) is 25.3 Å². The van der Waals surface area contributed by atoms with Gasteiger partial charge in [-0.15, -0.1) is 0 Å². The molecule has 1 aromatic carbocycles. The molecule has 2 aromatic rings. The highest BCUT2D eigenvalue weighted by atomic mass is 16.5. The van der Waals surface area contributed by atoms with E-state index in [0.717, 1.165) is 18.9 Å². The fourth-order valence-electron chi connectivity index (χ4n) is 3.46. The topological polar surface area (TPSA) is 74.8 Å². The maximum Gasteiger partial charge on any atom is 0.268 e. The summed E-state index contributed by atoms with van der Waals surface area (Å²) < 4.78 is 5.60. The van der Waals surface area contributed by atoms with E-state index < -0.39 is 6.10 Å². The molecule has 1 atom stereocenters. The van der Waals surface area contributed by atoms with E-state index in [1.165, 1.54) is 17.7 Å². The minimum atomic E-state index is -0.617. The van der Waals surface area contributed by atoms with E-state index in [9.17, 15) is 9.59 Å². The van der Waals surface area contributed by atoms with Crippen molar-refractivity contribution in [1.82, 2.24) is 4.98 Å². The van der Waals surface area contributed by atoms with E-state index in [2.05, 4.69) is 15.2 Å². The first kappa shape index (κ1) is 17.3. The molecule has 7 nitrogen and oxygen atoms in total. The average Bonchev–Trinajstić information content (AvgIpc) is 3.21. The van der Waals surface area contributed by atoms with Crippen molar-refractivity contribution < 1.29 is 14.3 Å². The third-order valence-electron chi connectivity index (χ3n) is 4.84. The highest BCUT2D eigenvalue weighted by Gasteiger charge is 2.32. The summed E-state index contributed by atoms with van der Waals surface area (Å²) in [5, 5.41) is 2.82. The zero-order chi connectivity index (χ0) is 18.8. The Bertz CT molecular complexity index is 847. The number of carbonyl (C=O) groups excluding carboxylic acids is 2. The molecule has 2 aliphatic rings. The van der Waals surface area contributed by atoms with Crippen LogP contribution in [0.15, 0.2) is 42.6 Å². The molecule has 27 heavy (non-hydrogen) atoms. The first-order valence-electron chi connectivity index (χ1n) is 9.20. The van der Waals surface area contributed by atoms with Crippen molar-refractivity contribution >= 4 is 29.0 Å². The van der Waals surface area contributed by atoms with Gasteiger partial charge in [0.2, 0.25) is 5.91 Å². The maximum absolute atomic E-state index is 12.5. The molecule has 4 rings (SSSR count). The Labute approximate surface area is 157 Å². The summed E-state index contributed by atoms with van der Waals surface area (Å²) in [4.78, 5) is 33.1. The van der Waals surface area contributed by atoms with E-state index in [1.807, 2.05) is 24.3 Å². The number of aromatic nitrogens is 1. The van der Waals surface area contributed by atoms with Gasteiger partial charge < -0.3 is 15.0 Å². The van der Waals surface area contributed by atoms with Gasteiger partial charge in [-0.1, -0.05) is 12.1 Å². The Balaban J connectivity index is 1.44. The second-order valence-electron chi connectivity index (χ2n) is 6.80. The van der Waals surface area contributed by atoms with Crippen molar-refractivity contribution in [3.05, 3.63) is 42.6 Å². The molecule has 0 aliphatic carbocycles. The van der Waals surface area contributed by atoms with Gasteiger partial charge in [0.25, 0.3) is 5.91 Å². The summed E-state index contributed by atoms with van der Waals surface area (Å²) in [6.07, 6.45) is 3.42. The average molecular weight is 366 g/mol. The second kappa shape index (κ2) is 7.26. The summed E-state index contributed by atoms with van der Waals surface area (Å²) in [6.45, 7) is 3.66. The van der Waals surface area contributed by atoms with Crippen molar-refractivity contribution in [2.75, 3.05) is 34.8 Å². The number of ether oxygens (including phenoxy) is 1. The van der Waals surface area contributed by atoms with Gasteiger partial charge in [0.1, 0.15) is 18.1 Å². The maximum atomic E-state index is 12.5. The van der Waals surface area contributed by atoms with Crippen molar-refractivity contribution in [2.24, 2.45) is 0 Å². The molecule has 2 aliphatic heterocycles. The monoisotopic (exact) mass is 366 g/mol. The van der Waals surface area contributed by atoms with Crippen LogP contribution in [-0.4, -0.2) is 42.5 Å². The van der Waals surface area contributed by atoms with Crippen molar-refractivity contribution in [3.8, 4) is 5.75 Å². The van der Waals surface area contributed by atoms with Crippen molar-refractivity contribution in [3.63, 3.8) is 0 Å². The standard InChI is InChI=1S/C20H22N4O3/c1-14-20(26)24(16-6-2-3-7-17(16)27-14)13-19(25)22-15-8-9-18(21-12-15)23-10-4-5-11-23/h2-3,6-9,12,14H,4-5,10-11,13H2,1H3,(H,22,25). The Kier molecular flexibility index (Phi) is 4.66. The Morgan fingerprint density at radius 1 is 1.22 bits per heavy atom. The number of pyridine rings is 1. The number of anilines is 3. The third-order valence-corrected chi connectivity index (χ3v) is 4.84. The van der Waals surface area contributed by atoms with E-state index in [-0.39, 0.29) is 18.4 Å². The van der Waals surface area contributed by atoms with Crippen LogP contribution in [0.4, 0.5) is 17.2 Å². The van der Waals surface area contributed by atoms with Gasteiger partial charge in [-0.2, -0.15) is 0 Å². The molecule has 140 valence electrons. The summed E-state index contributed by atoms with van der Waals surface area (Å²) in [6, 6.07) is 11.0. The predicted octanol–water partition coefficient (Wildman–Crippen LogP) is 2.43. The largest absolute Gasteiger partial charge is 0.479 e. The number of nitrogens with one attached hydrogen (secondary N) is 1. The van der Waals surface area contributed by atoms with Crippen LogP contribution >= 0.6 is 0 Å². The van der Waals surface area contributed by atoms with E-state index >= 15 is 0 Å². The fraction of sp³-hybridized carbons (Fsp3) is 0.350. The minimum absolute atomic E-state index is 0.0720. The van der Waals surface area contributed by atoms with Gasteiger partial charge in [0.15, 0.2) is 6.10 Å². The molecule has 0 bridgehead atoms. The number of rotatable bonds is 4. The molecular weight excluding hydrogens is 344 g/mol.